The average molecular weight is 197 g/mol. The zero-order chi connectivity index (χ0) is 10.8. The van der Waals surface area contributed by atoms with Crippen molar-refractivity contribution < 1.29 is 0 Å². The second kappa shape index (κ2) is 4.65. The Morgan fingerprint density at radius 1 is 1.36 bits per heavy atom. The second-order valence-corrected chi connectivity index (χ2v) is 5.82. The first-order chi connectivity index (χ1) is 6.46. The molecule has 0 radical (unpaired) electrons. The molecule has 1 rings (SSSR count). The molecule has 1 heteroatoms. The molecule has 1 saturated carbocycles. The van der Waals surface area contributed by atoms with E-state index in [1.807, 2.05) is 0 Å². The van der Waals surface area contributed by atoms with Crippen LogP contribution >= 0.6 is 0 Å². The summed E-state index contributed by atoms with van der Waals surface area (Å²) < 4.78 is 0. The van der Waals surface area contributed by atoms with Crippen molar-refractivity contribution in [2.75, 3.05) is 0 Å². The standard InChI is InChI=1S/C13H27N/c1-10(2)7-9-13(14)8-5-6-11(3)12(13)4/h10-12H,5-9,14H2,1-4H3. The topological polar surface area (TPSA) is 26.0 Å². The summed E-state index contributed by atoms with van der Waals surface area (Å²) >= 11 is 0. The molecule has 0 spiro atoms. The highest BCUT2D eigenvalue weighted by Crippen LogP contribution is 2.39. The van der Waals surface area contributed by atoms with Gasteiger partial charge in [0.15, 0.2) is 0 Å². The molecule has 1 aliphatic carbocycles. The molecule has 3 atom stereocenters. The van der Waals surface area contributed by atoms with E-state index in [9.17, 15) is 0 Å². The number of rotatable bonds is 3. The largest absolute Gasteiger partial charge is 0.325 e. The summed E-state index contributed by atoms with van der Waals surface area (Å²) in [7, 11) is 0. The first-order valence-electron chi connectivity index (χ1n) is 6.24. The summed E-state index contributed by atoms with van der Waals surface area (Å²) in [5, 5.41) is 0. The van der Waals surface area contributed by atoms with Crippen molar-refractivity contribution in [3.63, 3.8) is 0 Å². The van der Waals surface area contributed by atoms with Gasteiger partial charge in [-0.2, -0.15) is 0 Å². The van der Waals surface area contributed by atoms with E-state index in [-0.39, 0.29) is 5.54 Å². The highest BCUT2D eigenvalue weighted by atomic mass is 14.8. The average Bonchev–Trinajstić information content (AvgIpc) is 2.11. The summed E-state index contributed by atoms with van der Waals surface area (Å²) in [5.41, 5.74) is 6.68. The van der Waals surface area contributed by atoms with Gasteiger partial charge in [0.2, 0.25) is 0 Å². The van der Waals surface area contributed by atoms with Crippen molar-refractivity contribution in [3.8, 4) is 0 Å². The van der Waals surface area contributed by atoms with Gasteiger partial charge in [0, 0.05) is 5.54 Å². The maximum absolute atomic E-state index is 6.54. The maximum atomic E-state index is 6.54. The van der Waals surface area contributed by atoms with Gasteiger partial charge in [-0.15, -0.1) is 0 Å². The van der Waals surface area contributed by atoms with E-state index in [0.717, 1.165) is 11.8 Å². The van der Waals surface area contributed by atoms with Crippen molar-refractivity contribution in [2.45, 2.75) is 65.3 Å². The van der Waals surface area contributed by atoms with Crippen molar-refractivity contribution >= 4 is 0 Å². The first kappa shape index (κ1) is 12.0. The van der Waals surface area contributed by atoms with Gasteiger partial charge in [-0.25, -0.2) is 0 Å². The van der Waals surface area contributed by atoms with Gasteiger partial charge in [0.25, 0.3) is 0 Å². The predicted octanol–water partition coefficient (Wildman–Crippen LogP) is 3.58. The van der Waals surface area contributed by atoms with E-state index in [0.29, 0.717) is 5.92 Å². The Hall–Kier alpha value is -0.0400. The molecule has 0 bridgehead atoms. The van der Waals surface area contributed by atoms with Crippen LogP contribution < -0.4 is 5.73 Å². The molecule has 2 N–H and O–H groups in total. The molecular formula is C13H27N. The molecule has 0 heterocycles. The molecule has 14 heavy (non-hydrogen) atoms. The van der Waals surface area contributed by atoms with Crippen LogP contribution in [0.25, 0.3) is 0 Å². The Morgan fingerprint density at radius 3 is 2.57 bits per heavy atom. The van der Waals surface area contributed by atoms with Crippen molar-refractivity contribution in [2.24, 2.45) is 23.5 Å². The van der Waals surface area contributed by atoms with Gasteiger partial charge < -0.3 is 5.73 Å². The number of hydrogen-bond acceptors (Lipinski definition) is 1. The highest BCUT2D eigenvalue weighted by Gasteiger charge is 2.37. The van der Waals surface area contributed by atoms with Crippen LogP contribution in [0.15, 0.2) is 0 Å². The summed E-state index contributed by atoms with van der Waals surface area (Å²) in [6.07, 6.45) is 6.46. The fraction of sp³-hybridized carbons (Fsp3) is 1.00. The Labute approximate surface area is 89.5 Å². The Morgan fingerprint density at radius 2 is 2.00 bits per heavy atom. The quantitative estimate of drug-likeness (QED) is 0.735. The van der Waals surface area contributed by atoms with Crippen LogP contribution in [0.2, 0.25) is 0 Å². The smallest absolute Gasteiger partial charge is 0.0182 e. The molecule has 0 aromatic rings. The molecule has 0 saturated heterocycles. The van der Waals surface area contributed by atoms with E-state index in [1.54, 1.807) is 0 Å². The predicted molar refractivity (Wildman–Crippen MR) is 63.2 cm³/mol. The zero-order valence-corrected chi connectivity index (χ0v) is 10.3. The molecule has 84 valence electrons. The third-order valence-electron chi connectivity index (χ3n) is 4.25. The van der Waals surface area contributed by atoms with Crippen LogP contribution in [-0.2, 0) is 0 Å². The third kappa shape index (κ3) is 2.73. The zero-order valence-electron chi connectivity index (χ0n) is 10.3. The van der Waals surface area contributed by atoms with Crippen LogP contribution in [-0.4, -0.2) is 5.54 Å². The fourth-order valence-electron chi connectivity index (χ4n) is 2.71. The lowest BCUT2D eigenvalue weighted by atomic mass is 9.66. The normalized spacial score (nSPS) is 39.0. The van der Waals surface area contributed by atoms with Gasteiger partial charge in [-0.05, 0) is 37.0 Å². The molecule has 1 nitrogen and oxygen atoms in total. The minimum Gasteiger partial charge on any atom is -0.325 e. The number of nitrogens with two attached hydrogens (primary N) is 1. The van der Waals surface area contributed by atoms with Gasteiger partial charge in [0.05, 0.1) is 0 Å². The summed E-state index contributed by atoms with van der Waals surface area (Å²) in [6, 6.07) is 0. The lowest BCUT2D eigenvalue weighted by molar-refractivity contribution is 0.128. The Balaban J connectivity index is 2.52. The number of hydrogen-bond donors (Lipinski definition) is 1. The summed E-state index contributed by atoms with van der Waals surface area (Å²) in [5.74, 6) is 2.32. The molecule has 3 unspecified atom stereocenters. The van der Waals surface area contributed by atoms with E-state index < -0.39 is 0 Å². The maximum Gasteiger partial charge on any atom is 0.0182 e. The summed E-state index contributed by atoms with van der Waals surface area (Å²) in [6.45, 7) is 9.30. The van der Waals surface area contributed by atoms with Gasteiger partial charge in [0.1, 0.15) is 0 Å². The minimum absolute atomic E-state index is 0.141. The third-order valence-corrected chi connectivity index (χ3v) is 4.25. The van der Waals surface area contributed by atoms with Gasteiger partial charge >= 0.3 is 0 Å². The van der Waals surface area contributed by atoms with Crippen molar-refractivity contribution in [1.29, 1.82) is 0 Å². The molecule has 0 aliphatic heterocycles. The van der Waals surface area contributed by atoms with Crippen LogP contribution in [0.3, 0.4) is 0 Å². The van der Waals surface area contributed by atoms with Crippen molar-refractivity contribution in [1.82, 2.24) is 0 Å². The molecule has 0 aromatic heterocycles. The first-order valence-corrected chi connectivity index (χ1v) is 6.24. The van der Waals surface area contributed by atoms with Crippen LogP contribution in [0.5, 0.6) is 0 Å². The SMILES string of the molecule is CC(C)CCC1(N)CCCC(C)C1C. The fourth-order valence-corrected chi connectivity index (χ4v) is 2.71. The van der Waals surface area contributed by atoms with Gasteiger partial charge in [-0.3, -0.25) is 0 Å². The molecular weight excluding hydrogens is 170 g/mol. The van der Waals surface area contributed by atoms with Gasteiger partial charge in [-0.1, -0.05) is 40.5 Å². The lowest BCUT2D eigenvalue weighted by Crippen LogP contribution is -2.50. The van der Waals surface area contributed by atoms with E-state index in [1.165, 1.54) is 32.1 Å². The van der Waals surface area contributed by atoms with Crippen LogP contribution in [0, 0.1) is 17.8 Å². The van der Waals surface area contributed by atoms with E-state index in [4.69, 9.17) is 5.73 Å². The van der Waals surface area contributed by atoms with E-state index in [2.05, 4.69) is 27.7 Å². The Kier molecular flexibility index (Phi) is 4.00. The van der Waals surface area contributed by atoms with Crippen molar-refractivity contribution in [3.05, 3.63) is 0 Å². The Bertz CT molecular complexity index is 176. The molecule has 0 amide bonds. The molecule has 1 fully saturated rings. The summed E-state index contributed by atoms with van der Waals surface area (Å²) in [4.78, 5) is 0. The van der Waals surface area contributed by atoms with Crippen LogP contribution in [0.1, 0.15) is 59.8 Å². The molecule has 0 aromatic carbocycles. The van der Waals surface area contributed by atoms with E-state index >= 15 is 0 Å². The second-order valence-electron chi connectivity index (χ2n) is 5.82. The lowest BCUT2D eigenvalue weighted by Gasteiger charge is -2.43. The van der Waals surface area contributed by atoms with Crippen LogP contribution in [0.4, 0.5) is 0 Å². The molecule has 1 aliphatic rings. The minimum atomic E-state index is 0.141. The monoisotopic (exact) mass is 197 g/mol. The highest BCUT2D eigenvalue weighted by molar-refractivity contribution is 4.94.